The Labute approximate surface area is 47.1 Å². The molecule has 0 aliphatic heterocycles. The molecule has 8 heavy (non-hydrogen) atoms. The number of carboxylic acids is 1. The molecule has 0 aromatic carbocycles. The summed E-state index contributed by atoms with van der Waals surface area (Å²) in [5.74, 6) is -1.08. The van der Waals surface area contributed by atoms with Crippen molar-refractivity contribution in [2.75, 3.05) is 0 Å². The predicted octanol–water partition coefficient (Wildman–Crippen LogP) is -0.377. The van der Waals surface area contributed by atoms with Gasteiger partial charge in [0.15, 0.2) is 0 Å². The van der Waals surface area contributed by atoms with Gasteiger partial charge < -0.3 is 9.90 Å². The monoisotopic (exact) mass is 109 g/mol. The number of aliphatic carboxylic acids is 1. The third kappa shape index (κ3) is 0.780. The number of carboxylic acid groups (broad SMARTS) is 1. The molecule has 0 heterocycles. The molecule has 0 aromatic heterocycles. The van der Waals surface area contributed by atoms with Gasteiger partial charge in [0.1, 0.15) is 0 Å². The van der Waals surface area contributed by atoms with Gasteiger partial charge in [-0.2, -0.15) is 0 Å². The molecule has 2 heteroatoms. The molecule has 2 nitrogen and oxygen atoms in total. The van der Waals surface area contributed by atoms with E-state index in [1.54, 1.807) is 18.2 Å². The minimum atomic E-state index is -1.08. The molecule has 1 aliphatic carbocycles. The molecule has 0 saturated carbocycles. The van der Waals surface area contributed by atoms with E-state index >= 15 is 0 Å². The van der Waals surface area contributed by atoms with Crippen LogP contribution in [0.2, 0.25) is 0 Å². The van der Waals surface area contributed by atoms with Crippen molar-refractivity contribution in [1.82, 2.24) is 0 Å². The van der Waals surface area contributed by atoms with E-state index in [4.69, 9.17) is 0 Å². The van der Waals surface area contributed by atoms with E-state index in [2.05, 4.69) is 0 Å². The van der Waals surface area contributed by atoms with Crippen LogP contribution in [-0.2, 0) is 4.79 Å². The third-order valence-electron chi connectivity index (χ3n) is 1.01. The van der Waals surface area contributed by atoms with Crippen molar-refractivity contribution in [2.45, 2.75) is 6.42 Å². The van der Waals surface area contributed by atoms with Gasteiger partial charge in [-0.25, -0.2) is 0 Å². The molecular formula is C6H5O2-. The van der Waals surface area contributed by atoms with Gasteiger partial charge in [0.25, 0.3) is 0 Å². The third-order valence-corrected chi connectivity index (χ3v) is 1.01. The van der Waals surface area contributed by atoms with Gasteiger partial charge in [-0.1, -0.05) is 18.2 Å². The lowest BCUT2D eigenvalue weighted by Gasteiger charge is -1.95. The summed E-state index contributed by atoms with van der Waals surface area (Å²) >= 11 is 0. The zero-order chi connectivity index (χ0) is 5.98. The highest BCUT2D eigenvalue weighted by molar-refractivity contribution is 5.88. The van der Waals surface area contributed by atoms with Crippen LogP contribution >= 0.6 is 0 Å². The summed E-state index contributed by atoms with van der Waals surface area (Å²) in [7, 11) is 0. The van der Waals surface area contributed by atoms with Crippen LogP contribution in [-0.4, -0.2) is 5.97 Å². The molecule has 0 fully saturated rings. The van der Waals surface area contributed by atoms with Crippen LogP contribution in [0.3, 0.4) is 0 Å². The quantitative estimate of drug-likeness (QED) is 0.460. The van der Waals surface area contributed by atoms with Crippen LogP contribution in [0.4, 0.5) is 0 Å². The number of rotatable bonds is 1. The Morgan fingerprint density at radius 1 is 1.75 bits per heavy atom. The molecule has 0 aromatic rings. The summed E-state index contributed by atoms with van der Waals surface area (Å²) < 4.78 is 0. The molecule has 0 radical (unpaired) electrons. The maximum atomic E-state index is 9.97. The number of allylic oxidation sites excluding steroid dienone is 2. The predicted molar refractivity (Wildman–Crippen MR) is 26.8 cm³/mol. The first kappa shape index (κ1) is 5.09. The van der Waals surface area contributed by atoms with Crippen molar-refractivity contribution in [3.05, 3.63) is 23.8 Å². The average Bonchev–Trinajstić information content (AvgIpc) is 2.12. The van der Waals surface area contributed by atoms with Crippen molar-refractivity contribution in [2.24, 2.45) is 0 Å². The topological polar surface area (TPSA) is 40.1 Å². The summed E-state index contributed by atoms with van der Waals surface area (Å²) in [6, 6.07) is 0. The van der Waals surface area contributed by atoms with E-state index in [0.29, 0.717) is 5.57 Å². The average molecular weight is 109 g/mol. The van der Waals surface area contributed by atoms with Crippen LogP contribution in [0.1, 0.15) is 6.42 Å². The lowest BCUT2D eigenvalue weighted by molar-refractivity contribution is -0.298. The molecule has 0 bridgehead atoms. The van der Waals surface area contributed by atoms with E-state index in [1.165, 1.54) is 0 Å². The molecule has 0 atom stereocenters. The Hall–Kier alpha value is -1.05. The first-order chi connectivity index (χ1) is 3.80. The largest absolute Gasteiger partial charge is 0.545 e. The zero-order valence-electron chi connectivity index (χ0n) is 4.26. The highest BCUT2D eigenvalue weighted by Gasteiger charge is 1.95. The molecular weight excluding hydrogens is 104 g/mol. The van der Waals surface area contributed by atoms with Gasteiger partial charge in [-0.05, 0) is 12.0 Å². The minimum Gasteiger partial charge on any atom is -0.545 e. The lowest BCUT2D eigenvalue weighted by Crippen LogP contribution is -2.22. The van der Waals surface area contributed by atoms with E-state index in [9.17, 15) is 9.90 Å². The first-order valence-corrected chi connectivity index (χ1v) is 2.39. The van der Waals surface area contributed by atoms with Gasteiger partial charge in [-0.3, -0.25) is 0 Å². The number of hydrogen-bond acceptors (Lipinski definition) is 2. The molecule has 1 aliphatic rings. The van der Waals surface area contributed by atoms with E-state index < -0.39 is 5.97 Å². The smallest absolute Gasteiger partial charge is 0.0712 e. The lowest BCUT2D eigenvalue weighted by atomic mass is 10.3. The Morgan fingerprint density at radius 3 is 2.75 bits per heavy atom. The Bertz CT molecular complexity index is 165. The fraction of sp³-hybridized carbons (Fsp3) is 0.167. The fourth-order valence-corrected chi connectivity index (χ4v) is 0.609. The summed E-state index contributed by atoms with van der Waals surface area (Å²) in [5, 5.41) is 9.97. The SMILES string of the molecule is O=C([O-])C1=CCC=C1. The zero-order valence-corrected chi connectivity index (χ0v) is 4.26. The second-order valence-electron chi connectivity index (χ2n) is 1.58. The Balaban J connectivity index is 2.72. The summed E-state index contributed by atoms with van der Waals surface area (Å²) in [5.41, 5.74) is 0.296. The highest BCUT2D eigenvalue weighted by Crippen LogP contribution is 2.06. The molecule has 0 amide bonds. The maximum absolute atomic E-state index is 9.97. The van der Waals surface area contributed by atoms with Gasteiger partial charge in [0, 0.05) is 0 Å². The Kier molecular flexibility index (Phi) is 1.16. The molecule has 1 rings (SSSR count). The van der Waals surface area contributed by atoms with Gasteiger partial charge in [0.05, 0.1) is 5.97 Å². The summed E-state index contributed by atoms with van der Waals surface area (Å²) in [6.45, 7) is 0. The van der Waals surface area contributed by atoms with Crippen molar-refractivity contribution < 1.29 is 9.90 Å². The standard InChI is InChI=1S/C6H6O2/c7-6(8)5-3-1-2-4-5/h1,3-4H,2H2,(H,7,8)/p-1. The van der Waals surface area contributed by atoms with Crippen LogP contribution in [0.5, 0.6) is 0 Å². The first-order valence-electron chi connectivity index (χ1n) is 2.39. The van der Waals surface area contributed by atoms with Gasteiger partial charge >= 0.3 is 0 Å². The molecule has 42 valence electrons. The van der Waals surface area contributed by atoms with Crippen LogP contribution in [0, 0.1) is 0 Å². The van der Waals surface area contributed by atoms with E-state index in [1.807, 2.05) is 0 Å². The second kappa shape index (κ2) is 1.82. The number of carbonyl (C=O) groups excluding carboxylic acids is 1. The van der Waals surface area contributed by atoms with Crippen molar-refractivity contribution in [3.63, 3.8) is 0 Å². The molecule has 0 spiro atoms. The molecule has 0 N–H and O–H groups in total. The molecule has 0 saturated heterocycles. The second-order valence-corrected chi connectivity index (χ2v) is 1.58. The minimum absolute atomic E-state index is 0.296. The fourth-order valence-electron chi connectivity index (χ4n) is 0.609. The maximum Gasteiger partial charge on any atom is 0.0712 e. The highest BCUT2D eigenvalue weighted by atomic mass is 16.4. The van der Waals surface area contributed by atoms with Crippen LogP contribution in [0.25, 0.3) is 0 Å². The van der Waals surface area contributed by atoms with Gasteiger partial charge in [-0.15, -0.1) is 0 Å². The normalized spacial score (nSPS) is 16.2. The van der Waals surface area contributed by atoms with E-state index in [-0.39, 0.29) is 0 Å². The molecule has 0 unspecified atom stereocenters. The Morgan fingerprint density at radius 2 is 2.50 bits per heavy atom. The number of hydrogen-bond donors (Lipinski definition) is 0. The van der Waals surface area contributed by atoms with Crippen molar-refractivity contribution >= 4 is 5.97 Å². The van der Waals surface area contributed by atoms with Gasteiger partial charge in [0.2, 0.25) is 0 Å². The van der Waals surface area contributed by atoms with Crippen molar-refractivity contribution in [3.8, 4) is 0 Å². The number of carbonyl (C=O) groups is 1. The summed E-state index contributed by atoms with van der Waals surface area (Å²) in [4.78, 5) is 9.97. The van der Waals surface area contributed by atoms with E-state index in [0.717, 1.165) is 6.42 Å². The van der Waals surface area contributed by atoms with Crippen LogP contribution in [0.15, 0.2) is 23.8 Å². The van der Waals surface area contributed by atoms with Crippen molar-refractivity contribution in [1.29, 1.82) is 0 Å². The van der Waals surface area contributed by atoms with Crippen LogP contribution < -0.4 is 5.11 Å². The summed E-state index contributed by atoms with van der Waals surface area (Å²) in [6.07, 6.45) is 5.68.